The SMILES string of the molecule is CC(C)C[C@H](CC(=O)c1nc2c(Cl)cccc2[nH]1)C(=O)N[C@H](C#N)C[C@@H]1CCNC1=O. The van der Waals surface area contributed by atoms with Gasteiger partial charge in [-0.3, -0.25) is 14.4 Å². The second-order valence-corrected chi connectivity index (χ2v) is 8.78. The van der Waals surface area contributed by atoms with Crippen LogP contribution >= 0.6 is 11.6 Å². The zero-order chi connectivity index (χ0) is 22.5. The third-order valence-electron chi connectivity index (χ3n) is 5.44. The number of halogens is 1. The number of aromatic nitrogens is 2. The lowest BCUT2D eigenvalue weighted by Gasteiger charge is -2.21. The van der Waals surface area contributed by atoms with Gasteiger partial charge >= 0.3 is 0 Å². The highest BCUT2D eigenvalue weighted by Gasteiger charge is 2.31. The highest BCUT2D eigenvalue weighted by molar-refractivity contribution is 6.35. The van der Waals surface area contributed by atoms with Crippen molar-refractivity contribution < 1.29 is 14.4 Å². The summed E-state index contributed by atoms with van der Waals surface area (Å²) < 4.78 is 0. The van der Waals surface area contributed by atoms with E-state index in [1.807, 2.05) is 13.8 Å². The Labute approximate surface area is 185 Å². The first-order valence-corrected chi connectivity index (χ1v) is 10.8. The number of hydrogen-bond donors (Lipinski definition) is 3. The van der Waals surface area contributed by atoms with E-state index in [1.165, 1.54) is 0 Å². The van der Waals surface area contributed by atoms with Crippen LogP contribution in [-0.2, 0) is 9.59 Å². The summed E-state index contributed by atoms with van der Waals surface area (Å²) in [5.74, 6) is -1.30. The predicted octanol–water partition coefficient (Wildman–Crippen LogP) is 2.99. The number of aromatic amines is 1. The van der Waals surface area contributed by atoms with Crippen molar-refractivity contribution in [1.29, 1.82) is 5.26 Å². The van der Waals surface area contributed by atoms with E-state index in [0.717, 1.165) is 0 Å². The molecule has 3 rings (SSSR count). The third kappa shape index (κ3) is 5.61. The first-order valence-electron chi connectivity index (χ1n) is 10.4. The number of fused-ring (bicyclic) bond motifs is 1. The van der Waals surface area contributed by atoms with Crippen molar-refractivity contribution in [3.8, 4) is 6.07 Å². The molecule has 0 aliphatic carbocycles. The number of Topliss-reactive ketones (excluding diaryl/α,β-unsaturated/α-hetero) is 1. The number of benzene rings is 1. The molecule has 1 saturated heterocycles. The number of H-pyrrole nitrogens is 1. The van der Waals surface area contributed by atoms with Crippen molar-refractivity contribution >= 4 is 40.2 Å². The topological polar surface area (TPSA) is 128 Å². The molecule has 1 aliphatic rings. The number of carbonyl (C=O) groups excluding carboxylic acids is 3. The van der Waals surface area contributed by atoms with Crippen LogP contribution in [-0.4, -0.2) is 40.2 Å². The molecule has 9 heteroatoms. The van der Waals surface area contributed by atoms with E-state index in [1.54, 1.807) is 18.2 Å². The number of hydrogen-bond acceptors (Lipinski definition) is 5. The molecule has 0 spiro atoms. The minimum Gasteiger partial charge on any atom is -0.356 e. The fourth-order valence-corrected chi connectivity index (χ4v) is 4.11. The standard InChI is InChI=1S/C22H26ClN5O3/c1-12(2)8-14(22(31)26-15(11-24)9-13-6-7-25-21(13)30)10-18(29)20-27-17-5-3-4-16(23)19(17)28-20/h3-5,12-15H,6-10H2,1-2H3,(H,25,30)(H,26,31)(H,27,28)/t13-,14+,15-/m0/s1. The Bertz CT molecular complexity index is 1030. The van der Waals surface area contributed by atoms with Gasteiger partial charge in [-0.15, -0.1) is 0 Å². The van der Waals surface area contributed by atoms with Crippen molar-refractivity contribution in [1.82, 2.24) is 20.6 Å². The maximum atomic E-state index is 12.9. The number of nitrogens with one attached hydrogen (secondary N) is 3. The Hall–Kier alpha value is -2.92. The van der Waals surface area contributed by atoms with E-state index in [0.29, 0.717) is 35.4 Å². The van der Waals surface area contributed by atoms with E-state index in [-0.39, 0.29) is 48.1 Å². The molecular weight excluding hydrogens is 418 g/mol. The molecule has 2 amide bonds. The van der Waals surface area contributed by atoms with Gasteiger partial charge in [-0.2, -0.15) is 5.26 Å². The first-order chi connectivity index (χ1) is 14.8. The Morgan fingerprint density at radius 2 is 2.16 bits per heavy atom. The number of para-hydroxylation sites is 1. The molecule has 8 nitrogen and oxygen atoms in total. The van der Waals surface area contributed by atoms with E-state index >= 15 is 0 Å². The lowest BCUT2D eigenvalue weighted by atomic mass is 9.90. The largest absolute Gasteiger partial charge is 0.356 e. The number of imidazole rings is 1. The van der Waals surface area contributed by atoms with E-state index < -0.39 is 12.0 Å². The van der Waals surface area contributed by atoms with Gasteiger partial charge in [0.25, 0.3) is 0 Å². The molecule has 1 aromatic heterocycles. The third-order valence-corrected chi connectivity index (χ3v) is 5.75. The summed E-state index contributed by atoms with van der Waals surface area (Å²) in [6, 6.07) is 6.52. The minimum atomic E-state index is -0.781. The van der Waals surface area contributed by atoms with Gasteiger partial charge in [-0.1, -0.05) is 31.5 Å². The number of carbonyl (C=O) groups is 3. The molecule has 0 bridgehead atoms. The Balaban J connectivity index is 1.70. The number of amides is 2. The molecule has 1 fully saturated rings. The fraction of sp³-hybridized carbons (Fsp3) is 0.500. The van der Waals surface area contributed by atoms with Crippen molar-refractivity contribution in [2.45, 2.75) is 45.6 Å². The Morgan fingerprint density at radius 1 is 1.39 bits per heavy atom. The first kappa shape index (κ1) is 22.8. The predicted molar refractivity (Wildman–Crippen MR) is 116 cm³/mol. The van der Waals surface area contributed by atoms with Gasteiger partial charge in [0.2, 0.25) is 11.8 Å². The van der Waals surface area contributed by atoms with Crippen molar-refractivity contribution in [3.05, 3.63) is 29.0 Å². The molecule has 2 heterocycles. The zero-order valence-electron chi connectivity index (χ0n) is 17.6. The summed E-state index contributed by atoms with van der Waals surface area (Å²) in [5, 5.41) is 15.4. The molecule has 2 aromatic rings. The average Bonchev–Trinajstić information content (AvgIpc) is 3.33. The van der Waals surface area contributed by atoms with Crippen LogP contribution in [0, 0.1) is 29.1 Å². The van der Waals surface area contributed by atoms with Crippen LogP contribution in [0.4, 0.5) is 0 Å². The maximum Gasteiger partial charge on any atom is 0.224 e. The molecule has 0 unspecified atom stereocenters. The van der Waals surface area contributed by atoms with Crippen LogP contribution in [0.3, 0.4) is 0 Å². The molecule has 0 radical (unpaired) electrons. The normalized spacial score (nSPS) is 17.9. The van der Waals surface area contributed by atoms with Gasteiger partial charge in [-0.05, 0) is 37.3 Å². The summed E-state index contributed by atoms with van der Waals surface area (Å²) in [5.41, 5.74) is 1.16. The monoisotopic (exact) mass is 443 g/mol. The van der Waals surface area contributed by atoms with Crippen molar-refractivity contribution in [3.63, 3.8) is 0 Å². The fourth-order valence-electron chi connectivity index (χ4n) is 3.89. The summed E-state index contributed by atoms with van der Waals surface area (Å²) in [7, 11) is 0. The van der Waals surface area contributed by atoms with Gasteiger partial charge in [-0.25, -0.2) is 4.98 Å². The van der Waals surface area contributed by atoms with Crippen LogP contribution in [0.2, 0.25) is 5.02 Å². The van der Waals surface area contributed by atoms with Crippen LogP contribution in [0.15, 0.2) is 18.2 Å². The van der Waals surface area contributed by atoms with E-state index in [2.05, 4.69) is 26.7 Å². The van der Waals surface area contributed by atoms with E-state index in [9.17, 15) is 19.6 Å². The van der Waals surface area contributed by atoms with Crippen LogP contribution < -0.4 is 10.6 Å². The number of ketones is 1. The molecule has 1 aliphatic heterocycles. The number of nitrogens with zero attached hydrogens (tertiary/aromatic N) is 2. The van der Waals surface area contributed by atoms with Crippen molar-refractivity contribution in [2.75, 3.05) is 6.54 Å². The highest BCUT2D eigenvalue weighted by atomic mass is 35.5. The molecule has 0 saturated carbocycles. The highest BCUT2D eigenvalue weighted by Crippen LogP contribution is 2.24. The molecule has 3 N–H and O–H groups in total. The molecule has 3 atom stereocenters. The zero-order valence-corrected chi connectivity index (χ0v) is 18.3. The van der Waals surface area contributed by atoms with Gasteiger partial charge < -0.3 is 15.6 Å². The smallest absolute Gasteiger partial charge is 0.224 e. The number of rotatable bonds is 9. The van der Waals surface area contributed by atoms with Crippen LogP contribution in [0.1, 0.15) is 50.1 Å². The molecular formula is C22H26ClN5O3. The Kier molecular flexibility index (Phi) is 7.29. The number of nitriles is 1. The lowest BCUT2D eigenvalue weighted by Crippen LogP contribution is -2.41. The van der Waals surface area contributed by atoms with Crippen LogP contribution in [0.5, 0.6) is 0 Å². The van der Waals surface area contributed by atoms with Gasteiger partial charge in [0.15, 0.2) is 11.6 Å². The lowest BCUT2D eigenvalue weighted by molar-refractivity contribution is -0.127. The maximum absolute atomic E-state index is 12.9. The summed E-state index contributed by atoms with van der Waals surface area (Å²) in [4.78, 5) is 44.8. The molecule has 164 valence electrons. The van der Waals surface area contributed by atoms with E-state index in [4.69, 9.17) is 11.6 Å². The molecule has 31 heavy (non-hydrogen) atoms. The Morgan fingerprint density at radius 3 is 2.77 bits per heavy atom. The van der Waals surface area contributed by atoms with Gasteiger partial charge in [0, 0.05) is 24.8 Å². The van der Waals surface area contributed by atoms with Gasteiger partial charge in [0.1, 0.15) is 11.6 Å². The quantitative estimate of drug-likeness (QED) is 0.513. The minimum absolute atomic E-state index is 0.0382. The summed E-state index contributed by atoms with van der Waals surface area (Å²) in [6.45, 7) is 4.52. The van der Waals surface area contributed by atoms with Crippen molar-refractivity contribution in [2.24, 2.45) is 17.8 Å². The van der Waals surface area contributed by atoms with Crippen LogP contribution in [0.25, 0.3) is 11.0 Å². The second kappa shape index (κ2) is 9.92. The average molecular weight is 444 g/mol. The summed E-state index contributed by atoms with van der Waals surface area (Å²) >= 11 is 6.14. The summed E-state index contributed by atoms with van der Waals surface area (Å²) in [6.07, 6.45) is 1.36. The second-order valence-electron chi connectivity index (χ2n) is 8.38. The van der Waals surface area contributed by atoms with Gasteiger partial charge in [0.05, 0.1) is 16.6 Å². The molecule has 1 aromatic carbocycles.